The van der Waals surface area contributed by atoms with Gasteiger partial charge in [-0.1, -0.05) is 24.3 Å². The molecule has 1 aliphatic heterocycles. The highest BCUT2D eigenvalue weighted by Gasteiger charge is 2.52. The summed E-state index contributed by atoms with van der Waals surface area (Å²) in [5.41, 5.74) is 0.459. The molecule has 2 aromatic rings. The van der Waals surface area contributed by atoms with Crippen molar-refractivity contribution in [3.05, 3.63) is 36.4 Å². The fourth-order valence-electron chi connectivity index (χ4n) is 2.64. The highest BCUT2D eigenvalue weighted by molar-refractivity contribution is 7.97. The van der Waals surface area contributed by atoms with Gasteiger partial charge in [-0.05, 0) is 75.1 Å². The lowest BCUT2D eigenvalue weighted by Gasteiger charge is -2.32. The summed E-state index contributed by atoms with van der Waals surface area (Å²) < 4.78 is 15.5. The molecule has 0 spiro atoms. The summed E-state index contributed by atoms with van der Waals surface area (Å²) in [5, 5.41) is 2.38. The van der Waals surface area contributed by atoms with E-state index in [0.29, 0.717) is 0 Å². The van der Waals surface area contributed by atoms with Gasteiger partial charge in [-0.2, -0.15) is 0 Å². The highest BCUT2D eigenvalue weighted by Crippen LogP contribution is 2.37. The molecule has 3 rings (SSSR count). The maximum atomic E-state index is 6.20. The Balaban J connectivity index is 2.02. The largest absolute Gasteiger partial charge is 0.495 e. The standard InChI is InChI=1S/C17H22BNO2S/c1-16(2)17(3,4)21-18(20-16)15-8-6-7-12-11-13(22-19-5)9-10-14(12)15/h6-11,19H,1-5H3. The van der Waals surface area contributed by atoms with Crippen LogP contribution in [0.4, 0.5) is 0 Å². The Hall–Kier alpha value is -1.01. The Kier molecular flexibility index (Phi) is 4.02. The molecule has 1 N–H and O–H groups in total. The van der Waals surface area contributed by atoms with E-state index in [9.17, 15) is 0 Å². The van der Waals surface area contributed by atoms with Crippen molar-refractivity contribution in [2.24, 2.45) is 0 Å². The monoisotopic (exact) mass is 315 g/mol. The summed E-state index contributed by atoms with van der Waals surface area (Å²) in [4.78, 5) is 1.20. The molecule has 0 unspecified atom stereocenters. The van der Waals surface area contributed by atoms with E-state index in [1.807, 2.05) is 7.05 Å². The minimum atomic E-state index is -0.323. The molecular formula is C17H22BNO2S. The molecule has 1 aliphatic rings. The lowest BCUT2D eigenvalue weighted by Crippen LogP contribution is -2.41. The van der Waals surface area contributed by atoms with E-state index >= 15 is 0 Å². The molecule has 0 amide bonds. The number of rotatable bonds is 3. The number of hydrogen-bond donors (Lipinski definition) is 1. The maximum absolute atomic E-state index is 6.20. The average Bonchev–Trinajstić information content (AvgIpc) is 2.67. The Morgan fingerprint density at radius 3 is 2.32 bits per heavy atom. The molecule has 116 valence electrons. The van der Waals surface area contributed by atoms with Crippen molar-refractivity contribution in [1.29, 1.82) is 0 Å². The Morgan fingerprint density at radius 1 is 1.00 bits per heavy atom. The zero-order valence-electron chi connectivity index (χ0n) is 13.8. The Labute approximate surface area is 137 Å². The van der Waals surface area contributed by atoms with Gasteiger partial charge in [0.05, 0.1) is 11.2 Å². The van der Waals surface area contributed by atoms with Crippen LogP contribution in [0.15, 0.2) is 41.3 Å². The first-order valence-corrected chi connectivity index (χ1v) is 8.38. The summed E-state index contributed by atoms with van der Waals surface area (Å²) in [5.74, 6) is 0. The van der Waals surface area contributed by atoms with E-state index in [4.69, 9.17) is 9.31 Å². The van der Waals surface area contributed by atoms with E-state index in [1.165, 1.54) is 15.7 Å². The molecule has 1 fully saturated rings. The van der Waals surface area contributed by atoms with Crippen LogP contribution in [-0.2, 0) is 9.31 Å². The molecule has 0 aliphatic carbocycles. The van der Waals surface area contributed by atoms with Crippen LogP contribution in [0, 0.1) is 0 Å². The molecule has 1 heterocycles. The SMILES string of the molecule is CNSc1ccc2c(B3OC(C)(C)C(C)(C)O3)cccc2c1. The van der Waals surface area contributed by atoms with Gasteiger partial charge >= 0.3 is 7.12 Å². The molecule has 22 heavy (non-hydrogen) atoms. The van der Waals surface area contributed by atoms with E-state index < -0.39 is 0 Å². The zero-order chi connectivity index (χ0) is 16.0. The summed E-state index contributed by atoms with van der Waals surface area (Å²) in [6, 6.07) is 12.7. The van der Waals surface area contributed by atoms with Crippen LogP contribution < -0.4 is 10.2 Å². The van der Waals surface area contributed by atoms with Gasteiger partial charge in [0, 0.05) is 4.90 Å². The van der Waals surface area contributed by atoms with Gasteiger partial charge in [0.1, 0.15) is 0 Å². The molecule has 0 radical (unpaired) electrons. The number of nitrogens with one attached hydrogen (secondary N) is 1. The molecule has 5 heteroatoms. The summed E-state index contributed by atoms with van der Waals surface area (Å²) in [6.45, 7) is 8.33. The van der Waals surface area contributed by atoms with Gasteiger partial charge in [-0.15, -0.1) is 0 Å². The van der Waals surface area contributed by atoms with Crippen LogP contribution in [-0.4, -0.2) is 25.4 Å². The first-order chi connectivity index (χ1) is 10.3. The first-order valence-electron chi connectivity index (χ1n) is 7.56. The van der Waals surface area contributed by atoms with Gasteiger partial charge in [-0.25, -0.2) is 0 Å². The van der Waals surface area contributed by atoms with Crippen LogP contribution in [0.25, 0.3) is 10.8 Å². The van der Waals surface area contributed by atoms with Crippen LogP contribution in [0.1, 0.15) is 27.7 Å². The van der Waals surface area contributed by atoms with Crippen molar-refractivity contribution < 1.29 is 9.31 Å². The van der Waals surface area contributed by atoms with Gasteiger partial charge in [0.25, 0.3) is 0 Å². The molecule has 0 saturated carbocycles. The lowest BCUT2D eigenvalue weighted by molar-refractivity contribution is 0.00578. The molecule has 0 atom stereocenters. The minimum absolute atomic E-state index is 0.318. The molecule has 0 bridgehead atoms. The number of hydrogen-bond acceptors (Lipinski definition) is 4. The third kappa shape index (κ3) is 2.67. The fraction of sp³-hybridized carbons (Fsp3) is 0.412. The van der Waals surface area contributed by atoms with Crippen LogP contribution in [0.3, 0.4) is 0 Å². The van der Waals surface area contributed by atoms with Gasteiger partial charge in [0.15, 0.2) is 0 Å². The zero-order valence-corrected chi connectivity index (χ0v) is 14.6. The molecular weight excluding hydrogens is 293 g/mol. The summed E-state index contributed by atoms with van der Waals surface area (Å²) in [7, 11) is 1.60. The van der Waals surface area contributed by atoms with E-state index in [1.54, 1.807) is 11.9 Å². The van der Waals surface area contributed by atoms with Crippen molar-refractivity contribution in [3.63, 3.8) is 0 Å². The summed E-state index contributed by atoms with van der Waals surface area (Å²) >= 11 is 1.62. The van der Waals surface area contributed by atoms with Gasteiger partial charge < -0.3 is 9.31 Å². The van der Waals surface area contributed by atoms with Crippen LogP contribution >= 0.6 is 11.9 Å². The molecule has 1 saturated heterocycles. The lowest BCUT2D eigenvalue weighted by atomic mass is 9.76. The normalized spacial score (nSPS) is 19.8. The smallest absolute Gasteiger partial charge is 0.399 e. The fourth-order valence-corrected chi connectivity index (χ4v) is 3.20. The molecule has 3 nitrogen and oxygen atoms in total. The summed E-state index contributed by atoms with van der Waals surface area (Å²) in [6.07, 6.45) is 0. The second-order valence-corrected chi connectivity index (χ2v) is 7.71. The van der Waals surface area contributed by atoms with Crippen LogP contribution in [0.5, 0.6) is 0 Å². The van der Waals surface area contributed by atoms with E-state index in [2.05, 4.69) is 68.8 Å². The first kappa shape index (κ1) is 15.9. The van der Waals surface area contributed by atoms with E-state index in [-0.39, 0.29) is 18.3 Å². The predicted octanol–water partition coefficient (Wildman–Crippen LogP) is 3.37. The minimum Gasteiger partial charge on any atom is -0.399 e. The van der Waals surface area contributed by atoms with Crippen molar-refractivity contribution in [2.75, 3.05) is 7.05 Å². The average molecular weight is 315 g/mol. The van der Waals surface area contributed by atoms with Crippen molar-refractivity contribution in [2.45, 2.75) is 43.8 Å². The quantitative estimate of drug-likeness (QED) is 0.695. The van der Waals surface area contributed by atoms with Crippen LogP contribution in [0.2, 0.25) is 0 Å². The topological polar surface area (TPSA) is 30.5 Å². The third-order valence-corrected chi connectivity index (χ3v) is 5.31. The van der Waals surface area contributed by atoms with Gasteiger partial charge in [0.2, 0.25) is 0 Å². The van der Waals surface area contributed by atoms with Gasteiger partial charge in [-0.3, -0.25) is 4.72 Å². The highest BCUT2D eigenvalue weighted by atomic mass is 32.2. The number of fused-ring (bicyclic) bond motifs is 1. The van der Waals surface area contributed by atoms with E-state index in [0.717, 1.165) is 5.46 Å². The van der Waals surface area contributed by atoms with Crippen molar-refractivity contribution in [3.8, 4) is 0 Å². The second kappa shape index (κ2) is 5.57. The predicted molar refractivity (Wildman–Crippen MR) is 94.6 cm³/mol. The van der Waals surface area contributed by atoms with Crippen molar-refractivity contribution >= 4 is 35.3 Å². The molecule has 0 aromatic heterocycles. The number of benzene rings is 2. The Bertz CT molecular complexity index is 686. The Morgan fingerprint density at radius 2 is 1.68 bits per heavy atom. The maximum Gasteiger partial charge on any atom is 0.495 e. The molecule has 2 aromatic carbocycles. The van der Waals surface area contributed by atoms with Crippen molar-refractivity contribution in [1.82, 2.24) is 4.72 Å². The second-order valence-electron chi connectivity index (χ2n) is 6.62. The third-order valence-electron chi connectivity index (χ3n) is 4.61.